The molecule has 0 fully saturated rings. The molecule has 8 heteroatoms. The molecule has 0 atom stereocenters. The van der Waals surface area contributed by atoms with Crippen LogP contribution in [-0.2, 0) is 0 Å². The molecular weight excluding hydrogens is 326 g/mol. The van der Waals surface area contributed by atoms with Gasteiger partial charge in [0.25, 0.3) is 0 Å². The van der Waals surface area contributed by atoms with Crippen molar-refractivity contribution in [3.8, 4) is 22.9 Å². The molecule has 1 aromatic carbocycles. The zero-order valence-corrected chi connectivity index (χ0v) is 13.9. The third-order valence-electron chi connectivity index (χ3n) is 3.30. The summed E-state index contributed by atoms with van der Waals surface area (Å²) in [7, 11) is 3.17. The van der Waals surface area contributed by atoms with Gasteiger partial charge in [-0.25, -0.2) is 5.10 Å². The number of aromatic nitrogens is 4. The third kappa shape index (κ3) is 3.18. The molecule has 7 nitrogen and oxygen atoms in total. The van der Waals surface area contributed by atoms with E-state index in [4.69, 9.17) is 21.7 Å². The number of benzene rings is 1. The Labute approximate surface area is 143 Å². The topological polar surface area (TPSA) is 77.3 Å². The average molecular weight is 341 g/mol. The molecule has 0 saturated heterocycles. The Balaban J connectivity index is 2.02. The quantitative estimate of drug-likeness (QED) is 0.570. The summed E-state index contributed by atoms with van der Waals surface area (Å²) in [6, 6.07) is 9.23. The fourth-order valence-corrected chi connectivity index (χ4v) is 2.32. The molecule has 0 unspecified atom stereocenters. The molecule has 0 radical (unpaired) electrons. The van der Waals surface area contributed by atoms with Crippen LogP contribution in [-0.4, -0.2) is 40.3 Å². The number of pyridine rings is 1. The normalized spacial score (nSPS) is 10.9. The first-order valence-corrected chi connectivity index (χ1v) is 7.48. The molecule has 0 aliphatic rings. The van der Waals surface area contributed by atoms with Crippen LogP contribution < -0.4 is 9.47 Å². The van der Waals surface area contributed by atoms with E-state index in [0.29, 0.717) is 22.1 Å². The van der Waals surface area contributed by atoms with Crippen LogP contribution in [0.3, 0.4) is 0 Å². The number of nitrogens with one attached hydrogen (secondary N) is 1. The zero-order chi connectivity index (χ0) is 16.9. The van der Waals surface area contributed by atoms with Gasteiger partial charge in [0.05, 0.1) is 20.4 Å². The van der Waals surface area contributed by atoms with Gasteiger partial charge in [0, 0.05) is 23.5 Å². The first-order chi connectivity index (χ1) is 11.7. The van der Waals surface area contributed by atoms with E-state index in [0.717, 1.165) is 11.1 Å². The van der Waals surface area contributed by atoms with E-state index in [2.05, 4.69) is 20.3 Å². The lowest BCUT2D eigenvalue weighted by Gasteiger charge is -2.09. The molecule has 2 heterocycles. The van der Waals surface area contributed by atoms with Gasteiger partial charge in [-0.1, -0.05) is 6.07 Å². The van der Waals surface area contributed by atoms with E-state index < -0.39 is 0 Å². The highest BCUT2D eigenvalue weighted by Crippen LogP contribution is 2.31. The van der Waals surface area contributed by atoms with Crippen molar-refractivity contribution in [1.82, 2.24) is 19.9 Å². The minimum absolute atomic E-state index is 0.389. The highest BCUT2D eigenvalue weighted by Gasteiger charge is 2.12. The smallest absolute Gasteiger partial charge is 0.216 e. The number of nitrogens with zero attached hydrogens (tertiary/aromatic N) is 4. The van der Waals surface area contributed by atoms with Crippen molar-refractivity contribution in [3.05, 3.63) is 53.1 Å². The maximum atomic E-state index is 5.33. The molecular formula is C16H15N5O2S. The molecule has 24 heavy (non-hydrogen) atoms. The van der Waals surface area contributed by atoms with E-state index in [1.54, 1.807) is 43.6 Å². The van der Waals surface area contributed by atoms with Crippen molar-refractivity contribution in [1.29, 1.82) is 0 Å². The Morgan fingerprint density at radius 1 is 1.21 bits per heavy atom. The lowest BCUT2D eigenvalue weighted by molar-refractivity contribution is 0.355. The van der Waals surface area contributed by atoms with Crippen molar-refractivity contribution in [3.63, 3.8) is 0 Å². The number of H-pyrrole nitrogens is 1. The van der Waals surface area contributed by atoms with Crippen LogP contribution in [0.1, 0.15) is 5.56 Å². The summed E-state index contributed by atoms with van der Waals surface area (Å²) < 4.78 is 12.5. The van der Waals surface area contributed by atoms with Gasteiger partial charge < -0.3 is 9.47 Å². The molecule has 0 amide bonds. The van der Waals surface area contributed by atoms with E-state index in [1.165, 1.54) is 0 Å². The van der Waals surface area contributed by atoms with Crippen molar-refractivity contribution in [2.45, 2.75) is 0 Å². The van der Waals surface area contributed by atoms with Gasteiger partial charge in [0.2, 0.25) is 4.77 Å². The van der Waals surface area contributed by atoms with Crippen LogP contribution in [0.5, 0.6) is 11.5 Å². The fraction of sp³-hybridized carbons (Fsp3) is 0.125. The monoisotopic (exact) mass is 341 g/mol. The molecule has 0 bridgehead atoms. The van der Waals surface area contributed by atoms with Gasteiger partial charge in [-0.05, 0) is 36.5 Å². The average Bonchev–Trinajstić information content (AvgIpc) is 3.00. The third-order valence-corrected chi connectivity index (χ3v) is 3.56. The molecule has 0 spiro atoms. The highest BCUT2D eigenvalue weighted by molar-refractivity contribution is 7.71. The lowest BCUT2D eigenvalue weighted by atomic mass is 10.2. The maximum absolute atomic E-state index is 5.33. The second-order valence-electron chi connectivity index (χ2n) is 4.76. The Morgan fingerprint density at radius 3 is 2.75 bits per heavy atom. The largest absolute Gasteiger partial charge is 0.493 e. The van der Waals surface area contributed by atoms with E-state index in [-0.39, 0.29) is 0 Å². The molecule has 0 saturated carbocycles. The van der Waals surface area contributed by atoms with E-state index >= 15 is 0 Å². The number of hydrogen-bond acceptors (Lipinski definition) is 6. The molecule has 0 aliphatic heterocycles. The Bertz CT molecular complexity index is 918. The summed E-state index contributed by atoms with van der Waals surface area (Å²) in [5.74, 6) is 1.81. The van der Waals surface area contributed by atoms with E-state index in [1.807, 2.05) is 24.3 Å². The fourth-order valence-electron chi connectivity index (χ4n) is 2.14. The standard InChI is InChI=1S/C16H15N5O2S/c1-22-13-6-5-12(8-14(13)23-2)15-19-20-16(24)21(15)18-10-11-4-3-7-17-9-11/h3-10H,1-2H3,(H,20,24). The summed E-state index contributed by atoms with van der Waals surface area (Å²) in [6.45, 7) is 0. The molecule has 3 aromatic rings. The van der Waals surface area contributed by atoms with Crippen molar-refractivity contribution < 1.29 is 9.47 Å². The summed E-state index contributed by atoms with van der Waals surface area (Å²) in [4.78, 5) is 4.05. The highest BCUT2D eigenvalue weighted by atomic mass is 32.1. The first-order valence-electron chi connectivity index (χ1n) is 7.07. The van der Waals surface area contributed by atoms with Crippen molar-refractivity contribution in [2.75, 3.05) is 14.2 Å². The van der Waals surface area contributed by atoms with Gasteiger partial charge in [-0.15, -0.1) is 0 Å². The zero-order valence-electron chi connectivity index (χ0n) is 13.1. The van der Waals surface area contributed by atoms with Gasteiger partial charge in [-0.3, -0.25) is 4.98 Å². The van der Waals surface area contributed by atoms with Crippen LogP contribution in [0.25, 0.3) is 11.4 Å². The maximum Gasteiger partial charge on any atom is 0.216 e. The minimum atomic E-state index is 0.389. The van der Waals surface area contributed by atoms with Gasteiger partial charge in [0.1, 0.15) is 0 Å². The number of methoxy groups -OCH3 is 2. The first kappa shape index (κ1) is 15.9. The number of aromatic amines is 1. The van der Waals surface area contributed by atoms with Crippen LogP contribution in [0.15, 0.2) is 47.8 Å². The van der Waals surface area contributed by atoms with Crippen LogP contribution in [0.4, 0.5) is 0 Å². The molecule has 3 rings (SSSR count). The minimum Gasteiger partial charge on any atom is -0.493 e. The number of rotatable bonds is 5. The van der Waals surface area contributed by atoms with Crippen LogP contribution in [0, 0.1) is 4.77 Å². The predicted molar refractivity (Wildman–Crippen MR) is 93.2 cm³/mol. The Morgan fingerprint density at radius 2 is 2.04 bits per heavy atom. The Hall–Kier alpha value is -3.00. The number of hydrogen-bond donors (Lipinski definition) is 1. The van der Waals surface area contributed by atoms with Crippen LogP contribution in [0.2, 0.25) is 0 Å². The molecule has 2 aromatic heterocycles. The second kappa shape index (κ2) is 7.05. The van der Waals surface area contributed by atoms with Gasteiger partial charge in [-0.2, -0.15) is 14.9 Å². The van der Waals surface area contributed by atoms with Crippen LogP contribution >= 0.6 is 12.2 Å². The molecule has 0 aliphatic carbocycles. The predicted octanol–water partition coefficient (Wildman–Crippen LogP) is 2.90. The van der Waals surface area contributed by atoms with Crippen molar-refractivity contribution >= 4 is 18.4 Å². The summed E-state index contributed by atoms with van der Waals surface area (Å²) >= 11 is 5.26. The second-order valence-corrected chi connectivity index (χ2v) is 5.15. The summed E-state index contributed by atoms with van der Waals surface area (Å²) in [5.41, 5.74) is 1.65. The SMILES string of the molecule is COc1ccc(-c2n[nH]c(=S)n2N=Cc2cccnc2)cc1OC. The Kier molecular flexibility index (Phi) is 4.66. The number of ether oxygens (including phenoxy) is 2. The molecule has 122 valence electrons. The van der Waals surface area contributed by atoms with Crippen molar-refractivity contribution in [2.24, 2.45) is 5.10 Å². The molecule has 1 N–H and O–H groups in total. The van der Waals surface area contributed by atoms with Gasteiger partial charge >= 0.3 is 0 Å². The van der Waals surface area contributed by atoms with E-state index in [9.17, 15) is 0 Å². The summed E-state index contributed by atoms with van der Waals surface area (Å²) in [6.07, 6.45) is 5.09. The van der Waals surface area contributed by atoms with Gasteiger partial charge in [0.15, 0.2) is 17.3 Å². The lowest BCUT2D eigenvalue weighted by Crippen LogP contribution is -1.96. The summed E-state index contributed by atoms with van der Waals surface area (Å²) in [5, 5.41) is 11.4.